The zero-order valence-corrected chi connectivity index (χ0v) is 16.2. The van der Waals surface area contributed by atoms with E-state index < -0.39 is 12.0 Å². The highest BCUT2D eigenvalue weighted by molar-refractivity contribution is 5.37. The summed E-state index contributed by atoms with van der Waals surface area (Å²) in [6.45, 7) is 2.07. The Morgan fingerprint density at radius 2 is 1.60 bits per heavy atom. The van der Waals surface area contributed by atoms with Crippen LogP contribution in [0.2, 0.25) is 0 Å². The van der Waals surface area contributed by atoms with E-state index in [0.717, 1.165) is 28.0 Å². The summed E-state index contributed by atoms with van der Waals surface area (Å²) in [7, 11) is 0. The quantitative estimate of drug-likeness (QED) is 0.409. The third-order valence-corrected chi connectivity index (χ3v) is 4.83. The van der Waals surface area contributed by atoms with Crippen molar-refractivity contribution in [3.8, 4) is 11.5 Å². The fourth-order valence-corrected chi connectivity index (χ4v) is 3.16. The van der Waals surface area contributed by atoms with Gasteiger partial charge in [-0.25, -0.2) is 0 Å². The number of nitrogens with zero attached hydrogens (tertiary/aromatic N) is 4. The molecule has 0 aliphatic heterocycles. The van der Waals surface area contributed by atoms with E-state index in [4.69, 9.17) is 4.74 Å². The van der Waals surface area contributed by atoms with E-state index in [1.54, 1.807) is 6.07 Å². The molecule has 4 rings (SSSR count). The topological polar surface area (TPSA) is 52.3 Å². The average molecular weight is 412 g/mol. The van der Waals surface area contributed by atoms with Gasteiger partial charge in [-0.3, -0.25) is 0 Å². The maximum Gasteiger partial charge on any atom is 0.453 e. The lowest BCUT2D eigenvalue weighted by molar-refractivity contribution is -0.146. The highest BCUT2D eigenvalue weighted by Crippen LogP contribution is 2.28. The number of hydrogen-bond donors (Lipinski definition) is 0. The highest BCUT2D eigenvalue weighted by Gasteiger charge is 2.37. The summed E-state index contributed by atoms with van der Waals surface area (Å²) < 4.78 is 45.6. The van der Waals surface area contributed by atoms with Gasteiger partial charge in [-0.15, -0.1) is 10.2 Å². The lowest BCUT2D eigenvalue weighted by Crippen LogP contribution is -2.13. The molecule has 5 nitrogen and oxygen atoms in total. The zero-order chi connectivity index (χ0) is 21.1. The van der Waals surface area contributed by atoms with Gasteiger partial charge >= 0.3 is 6.18 Å². The van der Waals surface area contributed by atoms with E-state index in [0.29, 0.717) is 12.1 Å². The monoisotopic (exact) mass is 412 g/mol. The van der Waals surface area contributed by atoms with Gasteiger partial charge in [0, 0.05) is 0 Å². The summed E-state index contributed by atoms with van der Waals surface area (Å²) in [6.07, 6.45) is -3.32. The molecule has 2 heterocycles. The van der Waals surface area contributed by atoms with Crippen molar-refractivity contribution in [2.24, 2.45) is 0 Å². The van der Waals surface area contributed by atoms with E-state index in [1.807, 2.05) is 54.6 Å². The molecule has 0 spiro atoms. The first-order valence-corrected chi connectivity index (χ1v) is 9.51. The highest BCUT2D eigenvalue weighted by atomic mass is 19.4. The molecular weight excluding hydrogens is 393 g/mol. The number of aryl methyl sites for hydroxylation is 1. The van der Waals surface area contributed by atoms with Crippen LogP contribution in [0.1, 0.15) is 36.3 Å². The largest absolute Gasteiger partial charge is 0.457 e. The number of para-hydroxylation sites is 1. The van der Waals surface area contributed by atoms with Crippen molar-refractivity contribution >= 4 is 5.65 Å². The van der Waals surface area contributed by atoms with Gasteiger partial charge in [-0.1, -0.05) is 37.3 Å². The molecule has 154 valence electrons. The summed E-state index contributed by atoms with van der Waals surface area (Å²) in [5.41, 5.74) is 1.76. The number of ether oxygens (including phenoxy) is 1. The number of benzene rings is 2. The Kier molecular flexibility index (Phi) is 5.39. The van der Waals surface area contributed by atoms with Crippen molar-refractivity contribution in [3.63, 3.8) is 0 Å². The predicted molar refractivity (Wildman–Crippen MR) is 105 cm³/mol. The Hall–Kier alpha value is -3.42. The first kappa shape index (κ1) is 19.9. The van der Waals surface area contributed by atoms with Crippen LogP contribution in [0.4, 0.5) is 13.2 Å². The van der Waals surface area contributed by atoms with Crippen molar-refractivity contribution in [3.05, 3.63) is 83.8 Å². The minimum atomic E-state index is -4.60. The van der Waals surface area contributed by atoms with E-state index in [-0.39, 0.29) is 11.6 Å². The lowest BCUT2D eigenvalue weighted by Gasteiger charge is -2.13. The standard InChI is InChI=1S/C22H19F3N4O/c1-15(16-8-12-19(13-9-16)30-18-5-3-2-4-6-18)7-10-17-11-14-20-26-27-21(22(23,24)25)29(20)28-17/h2-6,8-9,11-15H,7,10H2,1H3/t15-/m0/s1. The van der Waals surface area contributed by atoms with Gasteiger partial charge in [-0.05, 0) is 60.7 Å². The smallest absolute Gasteiger partial charge is 0.453 e. The summed E-state index contributed by atoms with van der Waals surface area (Å²) in [4.78, 5) is 0. The molecule has 8 heteroatoms. The Labute approximate surface area is 171 Å². The Balaban J connectivity index is 1.41. The van der Waals surface area contributed by atoms with Crippen molar-refractivity contribution in [2.45, 2.75) is 31.9 Å². The molecule has 0 bridgehead atoms. The molecule has 0 fully saturated rings. The molecule has 2 aromatic heterocycles. The van der Waals surface area contributed by atoms with Gasteiger partial charge in [0.25, 0.3) is 5.82 Å². The molecular formula is C22H19F3N4O. The molecule has 4 aromatic rings. The third kappa shape index (κ3) is 4.42. The molecule has 0 radical (unpaired) electrons. The molecule has 0 aliphatic rings. The van der Waals surface area contributed by atoms with Gasteiger partial charge < -0.3 is 4.74 Å². The van der Waals surface area contributed by atoms with Crippen molar-refractivity contribution in [1.29, 1.82) is 0 Å². The Morgan fingerprint density at radius 1 is 0.900 bits per heavy atom. The minimum Gasteiger partial charge on any atom is -0.457 e. The van der Waals surface area contributed by atoms with E-state index in [9.17, 15) is 13.2 Å². The van der Waals surface area contributed by atoms with Crippen LogP contribution in [-0.2, 0) is 12.6 Å². The number of rotatable bonds is 6. The van der Waals surface area contributed by atoms with Gasteiger partial charge in [-0.2, -0.15) is 22.8 Å². The van der Waals surface area contributed by atoms with Crippen LogP contribution in [0.3, 0.4) is 0 Å². The van der Waals surface area contributed by atoms with Crippen LogP contribution in [-0.4, -0.2) is 19.8 Å². The van der Waals surface area contributed by atoms with Crippen molar-refractivity contribution in [1.82, 2.24) is 19.8 Å². The third-order valence-electron chi connectivity index (χ3n) is 4.83. The Bertz CT molecular complexity index is 1120. The number of aromatic nitrogens is 4. The number of alkyl halides is 3. The van der Waals surface area contributed by atoms with Crippen LogP contribution in [0, 0.1) is 0 Å². The molecule has 0 aliphatic carbocycles. The second-order valence-corrected chi connectivity index (χ2v) is 7.04. The molecule has 0 saturated heterocycles. The first-order valence-electron chi connectivity index (χ1n) is 9.51. The van der Waals surface area contributed by atoms with E-state index in [2.05, 4.69) is 22.2 Å². The van der Waals surface area contributed by atoms with Crippen LogP contribution >= 0.6 is 0 Å². The van der Waals surface area contributed by atoms with Gasteiger partial charge in [0.2, 0.25) is 0 Å². The maximum atomic E-state index is 13.0. The summed E-state index contributed by atoms with van der Waals surface area (Å²) in [6, 6.07) is 20.5. The molecule has 2 aromatic carbocycles. The summed E-state index contributed by atoms with van der Waals surface area (Å²) in [5.74, 6) is 0.612. The maximum absolute atomic E-state index is 13.0. The number of hydrogen-bond acceptors (Lipinski definition) is 4. The van der Waals surface area contributed by atoms with E-state index in [1.165, 1.54) is 6.07 Å². The van der Waals surface area contributed by atoms with Crippen molar-refractivity contribution in [2.75, 3.05) is 0 Å². The van der Waals surface area contributed by atoms with Crippen LogP contribution in [0.15, 0.2) is 66.7 Å². The predicted octanol–water partition coefficient (Wildman–Crippen LogP) is 5.67. The number of fused-ring (bicyclic) bond motifs is 1. The van der Waals surface area contributed by atoms with Gasteiger partial charge in [0.05, 0.1) is 5.69 Å². The second kappa shape index (κ2) is 8.14. The molecule has 1 atom stereocenters. The summed E-state index contributed by atoms with van der Waals surface area (Å²) in [5, 5.41) is 10.8. The van der Waals surface area contributed by atoms with Crippen LogP contribution in [0.5, 0.6) is 11.5 Å². The molecule has 0 unspecified atom stereocenters. The average Bonchev–Trinajstić information content (AvgIpc) is 3.17. The summed E-state index contributed by atoms with van der Waals surface area (Å²) >= 11 is 0. The lowest BCUT2D eigenvalue weighted by atomic mass is 9.95. The minimum absolute atomic E-state index is 0.0770. The normalized spacial score (nSPS) is 12.8. The van der Waals surface area contributed by atoms with Crippen molar-refractivity contribution < 1.29 is 17.9 Å². The van der Waals surface area contributed by atoms with Crippen LogP contribution < -0.4 is 4.74 Å². The first-order chi connectivity index (χ1) is 14.4. The fourth-order valence-electron chi connectivity index (χ4n) is 3.16. The van der Waals surface area contributed by atoms with Gasteiger partial charge in [0.1, 0.15) is 11.5 Å². The zero-order valence-electron chi connectivity index (χ0n) is 16.2. The molecule has 30 heavy (non-hydrogen) atoms. The Morgan fingerprint density at radius 3 is 2.30 bits per heavy atom. The fraction of sp³-hybridized carbons (Fsp3) is 0.227. The van der Waals surface area contributed by atoms with Crippen LogP contribution in [0.25, 0.3) is 5.65 Å². The SMILES string of the molecule is C[C@@H](CCc1ccc2nnc(C(F)(F)F)n2n1)c1ccc(Oc2ccccc2)cc1. The van der Waals surface area contributed by atoms with Gasteiger partial charge in [0.15, 0.2) is 5.65 Å². The van der Waals surface area contributed by atoms with E-state index >= 15 is 0 Å². The number of halogens is 3. The second-order valence-electron chi connectivity index (χ2n) is 7.04. The molecule has 0 N–H and O–H groups in total. The molecule has 0 saturated carbocycles. The molecule has 0 amide bonds.